The van der Waals surface area contributed by atoms with E-state index in [0.29, 0.717) is 17.9 Å². The smallest absolute Gasteiger partial charge is 0.257 e. The maximum Gasteiger partial charge on any atom is 0.257 e. The second kappa shape index (κ2) is 7.46. The van der Waals surface area contributed by atoms with Crippen molar-refractivity contribution in [3.63, 3.8) is 0 Å². The van der Waals surface area contributed by atoms with Gasteiger partial charge in [0.2, 0.25) is 0 Å². The maximum atomic E-state index is 12.0. The number of benzene rings is 1. The summed E-state index contributed by atoms with van der Waals surface area (Å²) in [6.45, 7) is 2.26. The Balaban J connectivity index is 1.85. The van der Waals surface area contributed by atoms with Crippen LogP contribution in [0.3, 0.4) is 0 Å². The molecule has 2 rings (SSSR count). The average Bonchev–Trinajstić information content (AvgIpc) is 2.54. The van der Waals surface area contributed by atoms with E-state index in [9.17, 15) is 4.79 Å². The van der Waals surface area contributed by atoms with Crippen LogP contribution < -0.4 is 15.4 Å². The molecule has 0 bridgehead atoms. The lowest BCUT2D eigenvalue weighted by molar-refractivity contribution is 0.0976. The summed E-state index contributed by atoms with van der Waals surface area (Å²) in [5.41, 5.74) is 2.09. The van der Waals surface area contributed by atoms with Gasteiger partial charge in [0, 0.05) is 11.8 Å². The van der Waals surface area contributed by atoms with Gasteiger partial charge in [0.1, 0.15) is 5.75 Å². The van der Waals surface area contributed by atoms with E-state index < -0.39 is 0 Å². The molecule has 0 fully saturated rings. The van der Waals surface area contributed by atoms with Crippen LogP contribution >= 0.6 is 12.2 Å². The van der Waals surface area contributed by atoms with Gasteiger partial charge >= 0.3 is 0 Å². The predicted octanol–water partition coefficient (Wildman–Crippen LogP) is 1.60. The van der Waals surface area contributed by atoms with Gasteiger partial charge in [-0.15, -0.1) is 0 Å². The lowest BCUT2D eigenvalue weighted by Gasteiger charge is -2.09. The van der Waals surface area contributed by atoms with Crippen LogP contribution in [0.1, 0.15) is 21.7 Å². The lowest BCUT2D eigenvalue weighted by Crippen LogP contribution is -2.39. The fourth-order valence-electron chi connectivity index (χ4n) is 1.64. The second-order valence-electron chi connectivity index (χ2n) is 4.51. The van der Waals surface area contributed by atoms with Crippen molar-refractivity contribution in [3.05, 3.63) is 53.6 Å². The van der Waals surface area contributed by atoms with Crippen molar-refractivity contribution in [1.82, 2.24) is 20.6 Å². The van der Waals surface area contributed by atoms with E-state index in [1.54, 1.807) is 43.8 Å². The van der Waals surface area contributed by atoms with Gasteiger partial charge in [-0.1, -0.05) is 0 Å². The molecule has 114 valence electrons. The molecule has 1 amide bonds. The highest BCUT2D eigenvalue weighted by atomic mass is 32.1. The van der Waals surface area contributed by atoms with Gasteiger partial charge in [-0.2, -0.15) is 0 Å². The molecule has 0 saturated carbocycles. The van der Waals surface area contributed by atoms with E-state index >= 15 is 0 Å². The number of hydrogen-bond donors (Lipinski definition) is 2. The number of methoxy groups -OCH3 is 1. The number of amides is 1. The van der Waals surface area contributed by atoms with E-state index in [1.165, 1.54) is 0 Å². The first kappa shape index (κ1) is 15.8. The highest BCUT2D eigenvalue weighted by molar-refractivity contribution is 7.80. The van der Waals surface area contributed by atoms with Crippen molar-refractivity contribution in [2.45, 2.75) is 13.5 Å². The number of thiocarbonyl (C=S) groups is 1. The molecule has 7 heteroatoms. The van der Waals surface area contributed by atoms with Crippen LogP contribution in [-0.4, -0.2) is 28.1 Å². The fraction of sp³-hybridized carbons (Fsp3) is 0.200. The molecule has 6 nitrogen and oxygen atoms in total. The molecule has 0 radical (unpaired) electrons. The summed E-state index contributed by atoms with van der Waals surface area (Å²) in [7, 11) is 1.57. The van der Waals surface area contributed by atoms with Gasteiger partial charge in [-0.25, -0.2) is 0 Å². The molecular weight excluding hydrogens is 300 g/mol. The van der Waals surface area contributed by atoms with E-state index in [-0.39, 0.29) is 11.0 Å². The number of rotatable bonds is 4. The minimum atomic E-state index is -0.282. The molecule has 0 aliphatic heterocycles. The Bertz CT molecular complexity index is 656. The minimum Gasteiger partial charge on any atom is -0.497 e. The Hall–Kier alpha value is -2.54. The summed E-state index contributed by atoms with van der Waals surface area (Å²) < 4.78 is 5.04. The number of aromatic nitrogens is 2. The van der Waals surface area contributed by atoms with Gasteiger partial charge in [0.15, 0.2) is 5.11 Å². The summed E-state index contributed by atoms with van der Waals surface area (Å²) in [5.74, 6) is 0.408. The third-order valence-corrected chi connectivity index (χ3v) is 3.09. The molecule has 1 heterocycles. The van der Waals surface area contributed by atoms with E-state index in [0.717, 1.165) is 11.4 Å². The summed E-state index contributed by atoms with van der Waals surface area (Å²) in [5, 5.41) is 5.76. The first-order chi connectivity index (χ1) is 10.6. The molecule has 2 N–H and O–H groups in total. The molecule has 1 aromatic carbocycles. The van der Waals surface area contributed by atoms with Crippen LogP contribution in [0.25, 0.3) is 0 Å². The van der Waals surface area contributed by atoms with Crippen molar-refractivity contribution in [2.75, 3.05) is 7.11 Å². The zero-order valence-corrected chi connectivity index (χ0v) is 13.1. The number of nitrogens with one attached hydrogen (secondary N) is 2. The number of carbonyl (C=O) groups is 1. The minimum absolute atomic E-state index is 0.239. The van der Waals surface area contributed by atoms with Crippen molar-refractivity contribution >= 4 is 23.2 Å². The number of hydrogen-bond acceptors (Lipinski definition) is 5. The SMILES string of the molecule is COc1ccc(C(=O)NC(=S)NCc2cnc(C)cn2)cc1. The summed E-state index contributed by atoms with van der Waals surface area (Å²) in [4.78, 5) is 20.3. The molecule has 0 unspecified atom stereocenters. The summed E-state index contributed by atoms with van der Waals surface area (Å²) in [6.07, 6.45) is 3.34. The lowest BCUT2D eigenvalue weighted by atomic mass is 10.2. The number of nitrogens with zero attached hydrogens (tertiary/aromatic N) is 2. The molecule has 2 aromatic rings. The van der Waals surface area contributed by atoms with Gasteiger partial charge < -0.3 is 10.1 Å². The van der Waals surface area contributed by atoms with Crippen molar-refractivity contribution in [3.8, 4) is 5.75 Å². The van der Waals surface area contributed by atoms with E-state index in [4.69, 9.17) is 17.0 Å². The fourth-order valence-corrected chi connectivity index (χ4v) is 1.81. The zero-order chi connectivity index (χ0) is 15.9. The molecular formula is C15H16N4O2S. The number of ether oxygens (including phenoxy) is 1. The Morgan fingerprint density at radius 3 is 2.55 bits per heavy atom. The van der Waals surface area contributed by atoms with Gasteiger partial charge in [-0.05, 0) is 43.4 Å². The molecule has 0 saturated heterocycles. The molecule has 1 aromatic heterocycles. The van der Waals surface area contributed by atoms with Crippen LogP contribution in [0.2, 0.25) is 0 Å². The monoisotopic (exact) mass is 316 g/mol. The van der Waals surface area contributed by atoms with Crippen LogP contribution in [0.15, 0.2) is 36.7 Å². The Morgan fingerprint density at radius 2 is 1.95 bits per heavy atom. The van der Waals surface area contributed by atoms with E-state index in [1.807, 2.05) is 6.92 Å². The predicted molar refractivity (Wildman–Crippen MR) is 86.7 cm³/mol. The zero-order valence-electron chi connectivity index (χ0n) is 12.3. The summed E-state index contributed by atoms with van der Waals surface area (Å²) in [6, 6.07) is 6.77. The summed E-state index contributed by atoms with van der Waals surface area (Å²) >= 11 is 5.09. The largest absolute Gasteiger partial charge is 0.497 e. The van der Waals surface area contributed by atoms with Crippen molar-refractivity contribution < 1.29 is 9.53 Å². The molecule has 0 spiro atoms. The van der Waals surface area contributed by atoms with Crippen molar-refractivity contribution in [2.24, 2.45) is 0 Å². The van der Waals surface area contributed by atoms with Crippen LogP contribution in [0.4, 0.5) is 0 Å². The quantitative estimate of drug-likeness (QED) is 0.835. The van der Waals surface area contributed by atoms with E-state index in [2.05, 4.69) is 20.6 Å². The average molecular weight is 316 g/mol. The normalized spacial score (nSPS) is 9.91. The molecule has 0 aliphatic rings. The first-order valence-corrected chi connectivity index (χ1v) is 7.00. The first-order valence-electron chi connectivity index (χ1n) is 6.59. The van der Waals surface area contributed by atoms with Gasteiger partial charge in [0.05, 0.1) is 31.2 Å². The third-order valence-electron chi connectivity index (χ3n) is 2.84. The number of carbonyl (C=O) groups excluding carboxylic acids is 1. The molecule has 22 heavy (non-hydrogen) atoms. The second-order valence-corrected chi connectivity index (χ2v) is 4.92. The van der Waals surface area contributed by atoms with Crippen LogP contribution in [0.5, 0.6) is 5.75 Å². The maximum absolute atomic E-state index is 12.0. The van der Waals surface area contributed by atoms with Crippen LogP contribution in [-0.2, 0) is 6.54 Å². The van der Waals surface area contributed by atoms with Gasteiger partial charge in [0.25, 0.3) is 5.91 Å². The third kappa shape index (κ3) is 4.49. The molecule has 0 atom stereocenters. The standard InChI is InChI=1S/C15H16N4O2S/c1-10-7-17-12(8-16-10)9-18-15(22)19-14(20)11-3-5-13(21-2)6-4-11/h3-8H,9H2,1-2H3,(H2,18,19,20,22). The van der Waals surface area contributed by atoms with Crippen molar-refractivity contribution in [1.29, 1.82) is 0 Å². The van der Waals surface area contributed by atoms with Crippen LogP contribution in [0, 0.1) is 6.92 Å². The Labute approximate surface area is 133 Å². The Morgan fingerprint density at radius 1 is 1.23 bits per heavy atom. The molecule has 0 aliphatic carbocycles. The highest BCUT2D eigenvalue weighted by Crippen LogP contribution is 2.10. The number of aryl methyl sites for hydroxylation is 1. The topological polar surface area (TPSA) is 76.1 Å². The Kier molecular flexibility index (Phi) is 5.37. The highest BCUT2D eigenvalue weighted by Gasteiger charge is 2.08. The van der Waals surface area contributed by atoms with Gasteiger partial charge in [-0.3, -0.25) is 20.1 Å².